The molecule has 4 rings (SSSR count). The number of pyridine rings is 1. The van der Waals surface area contributed by atoms with Crippen molar-refractivity contribution in [2.45, 2.75) is 38.6 Å². The van der Waals surface area contributed by atoms with Crippen molar-refractivity contribution in [1.29, 1.82) is 0 Å². The fraction of sp³-hybridized carbons (Fsp3) is 0.444. The van der Waals surface area contributed by atoms with Gasteiger partial charge in [0.2, 0.25) is 0 Å². The molecule has 2 aliphatic heterocycles. The van der Waals surface area contributed by atoms with Gasteiger partial charge >= 0.3 is 0 Å². The average Bonchev–Trinajstić information content (AvgIpc) is 3.35. The Morgan fingerprint density at radius 2 is 2.23 bits per heavy atom. The van der Waals surface area contributed by atoms with Gasteiger partial charge in [-0.25, -0.2) is 0 Å². The third-order valence-electron chi connectivity index (χ3n) is 4.70. The molecule has 8 nitrogen and oxygen atoms in total. The summed E-state index contributed by atoms with van der Waals surface area (Å²) in [5.74, 6) is -0.203. The Balaban J connectivity index is 1.39. The number of nitrogens with zero attached hydrogens (tertiary/aromatic N) is 4. The van der Waals surface area contributed by atoms with Gasteiger partial charge in [0.15, 0.2) is 5.69 Å². The normalized spacial score (nSPS) is 19.2. The highest BCUT2D eigenvalue weighted by Crippen LogP contribution is 2.19. The van der Waals surface area contributed by atoms with Gasteiger partial charge in [-0.05, 0) is 31.0 Å². The molecule has 1 saturated heterocycles. The second kappa shape index (κ2) is 7.25. The molecule has 26 heavy (non-hydrogen) atoms. The van der Waals surface area contributed by atoms with Gasteiger partial charge < -0.3 is 15.0 Å². The Morgan fingerprint density at radius 3 is 3.00 bits per heavy atom. The van der Waals surface area contributed by atoms with E-state index in [1.54, 1.807) is 21.8 Å². The predicted molar refractivity (Wildman–Crippen MR) is 92.0 cm³/mol. The largest absolute Gasteiger partial charge is 0.368 e. The summed E-state index contributed by atoms with van der Waals surface area (Å²) >= 11 is 0. The van der Waals surface area contributed by atoms with E-state index in [9.17, 15) is 9.59 Å². The van der Waals surface area contributed by atoms with E-state index in [0.29, 0.717) is 38.5 Å². The minimum Gasteiger partial charge on any atom is -0.368 e. The van der Waals surface area contributed by atoms with Crippen LogP contribution in [0.4, 0.5) is 0 Å². The van der Waals surface area contributed by atoms with Crippen molar-refractivity contribution < 1.29 is 14.3 Å². The quantitative estimate of drug-likeness (QED) is 0.873. The van der Waals surface area contributed by atoms with Gasteiger partial charge in [-0.1, -0.05) is 6.07 Å². The molecule has 4 heterocycles. The zero-order valence-electron chi connectivity index (χ0n) is 14.4. The van der Waals surface area contributed by atoms with E-state index in [0.717, 1.165) is 24.2 Å². The molecule has 0 aliphatic carbocycles. The number of rotatable bonds is 4. The van der Waals surface area contributed by atoms with Gasteiger partial charge in [0.1, 0.15) is 6.10 Å². The van der Waals surface area contributed by atoms with Crippen LogP contribution in [0.1, 0.15) is 34.7 Å². The molecule has 0 radical (unpaired) electrons. The zero-order chi connectivity index (χ0) is 17.9. The highest BCUT2D eigenvalue weighted by atomic mass is 16.5. The standard InChI is InChI=1S/C18H21N5O3/c24-17(20-11-13-4-1-2-6-19-13)15-10-14-12-22(7-8-23(14)21-15)18(25)16-5-3-9-26-16/h1-2,4,6,10,16H,3,5,7-9,11-12H2,(H,20,24)/t16-/m1/s1. The second-order valence-corrected chi connectivity index (χ2v) is 6.51. The van der Waals surface area contributed by atoms with Crippen molar-refractivity contribution in [2.24, 2.45) is 0 Å². The van der Waals surface area contributed by atoms with Crippen molar-refractivity contribution in [3.63, 3.8) is 0 Å². The van der Waals surface area contributed by atoms with Crippen LogP contribution in [-0.2, 0) is 29.2 Å². The van der Waals surface area contributed by atoms with Crippen LogP contribution in [-0.4, -0.2) is 50.7 Å². The van der Waals surface area contributed by atoms with Crippen molar-refractivity contribution in [2.75, 3.05) is 13.2 Å². The van der Waals surface area contributed by atoms with Gasteiger partial charge in [0, 0.05) is 19.3 Å². The van der Waals surface area contributed by atoms with Crippen LogP contribution in [0.5, 0.6) is 0 Å². The molecule has 0 bridgehead atoms. The van der Waals surface area contributed by atoms with Crippen molar-refractivity contribution >= 4 is 11.8 Å². The summed E-state index contributed by atoms with van der Waals surface area (Å²) in [6, 6.07) is 7.32. The highest BCUT2D eigenvalue weighted by Gasteiger charge is 2.31. The van der Waals surface area contributed by atoms with E-state index in [1.165, 1.54) is 0 Å². The summed E-state index contributed by atoms with van der Waals surface area (Å²) in [6.07, 6.45) is 3.10. The molecule has 0 aromatic carbocycles. The lowest BCUT2D eigenvalue weighted by Crippen LogP contribution is -2.43. The van der Waals surface area contributed by atoms with Crippen LogP contribution in [0, 0.1) is 0 Å². The Morgan fingerprint density at radius 1 is 1.31 bits per heavy atom. The van der Waals surface area contributed by atoms with E-state index in [1.807, 2.05) is 18.2 Å². The van der Waals surface area contributed by atoms with E-state index < -0.39 is 0 Å². The number of amides is 2. The average molecular weight is 355 g/mol. The second-order valence-electron chi connectivity index (χ2n) is 6.51. The first kappa shape index (κ1) is 16.7. The monoisotopic (exact) mass is 355 g/mol. The van der Waals surface area contributed by atoms with Crippen LogP contribution in [0.2, 0.25) is 0 Å². The molecule has 0 spiro atoms. The molecule has 1 atom stereocenters. The van der Waals surface area contributed by atoms with E-state index in [4.69, 9.17) is 4.74 Å². The predicted octanol–water partition coefficient (Wildman–Crippen LogP) is 0.729. The molecule has 1 fully saturated rings. The minimum atomic E-state index is -0.314. The lowest BCUT2D eigenvalue weighted by Gasteiger charge is -2.29. The number of fused-ring (bicyclic) bond motifs is 1. The number of hydrogen-bond donors (Lipinski definition) is 1. The maximum atomic E-state index is 12.5. The van der Waals surface area contributed by atoms with Crippen LogP contribution in [0.15, 0.2) is 30.5 Å². The summed E-state index contributed by atoms with van der Waals surface area (Å²) in [7, 11) is 0. The molecular formula is C18H21N5O3. The summed E-state index contributed by atoms with van der Waals surface area (Å²) in [5, 5.41) is 7.19. The summed E-state index contributed by atoms with van der Waals surface area (Å²) in [6.45, 7) is 2.64. The number of aromatic nitrogens is 3. The molecule has 2 aliphatic rings. The van der Waals surface area contributed by atoms with Crippen LogP contribution in [0.25, 0.3) is 0 Å². The first-order chi connectivity index (χ1) is 12.7. The van der Waals surface area contributed by atoms with Gasteiger partial charge in [0.25, 0.3) is 11.8 Å². The zero-order valence-corrected chi connectivity index (χ0v) is 14.4. The molecule has 136 valence electrons. The maximum absolute atomic E-state index is 12.5. The molecule has 8 heteroatoms. The third-order valence-corrected chi connectivity index (χ3v) is 4.70. The van der Waals surface area contributed by atoms with Gasteiger partial charge in [-0.3, -0.25) is 19.3 Å². The topological polar surface area (TPSA) is 89.4 Å². The molecule has 0 unspecified atom stereocenters. The number of carbonyl (C=O) groups is 2. The summed E-state index contributed by atoms with van der Waals surface area (Å²) < 4.78 is 7.29. The van der Waals surface area contributed by atoms with Gasteiger partial charge in [-0.2, -0.15) is 5.10 Å². The molecule has 1 N–H and O–H groups in total. The minimum absolute atomic E-state index is 0.0381. The van der Waals surface area contributed by atoms with E-state index in [-0.39, 0.29) is 17.9 Å². The Kier molecular flexibility index (Phi) is 4.66. The summed E-state index contributed by atoms with van der Waals surface area (Å²) in [5.41, 5.74) is 2.02. The molecule has 2 aromatic heterocycles. The molecular weight excluding hydrogens is 334 g/mol. The molecule has 2 amide bonds. The van der Waals surface area contributed by atoms with Crippen molar-refractivity contribution in [3.05, 3.63) is 47.5 Å². The fourth-order valence-corrected chi connectivity index (χ4v) is 3.31. The Hall–Kier alpha value is -2.74. The van der Waals surface area contributed by atoms with Crippen molar-refractivity contribution in [1.82, 2.24) is 25.0 Å². The third kappa shape index (κ3) is 3.45. The number of carbonyl (C=O) groups excluding carboxylic acids is 2. The summed E-state index contributed by atoms with van der Waals surface area (Å²) in [4.78, 5) is 30.8. The maximum Gasteiger partial charge on any atom is 0.272 e. The van der Waals surface area contributed by atoms with Crippen LogP contribution in [0.3, 0.4) is 0 Å². The van der Waals surface area contributed by atoms with Gasteiger partial charge in [0.05, 0.1) is 31.0 Å². The van der Waals surface area contributed by atoms with Crippen LogP contribution < -0.4 is 5.32 Å². The van der Waals surface area contributed by atoms with Crippen LogP contribution >= 0.6 is 0 Å². The smallest absolute Gasteiger partial charge is 0.272 e. The lowest BCUT2D eigenvalue weighted by atomic mass is 10.2. The van der Waals surface area contributed by atoms with E-state index in [2.05, 4.69) is 15.4 Å². The molecule has 0 saturated carbocycles. The first-order valence-electron chi connectivity index (χ1n) is 8.86. The number of hydrogen-bond acceptors (Lipinski definition) is 5. The molecule has 2 aromatic rings. The first-order valence-corrected chi connectivity index (χ1v) is 8.86. The van der Waals surface area contributed by atoms with E-state index >= 15 is 0 Å². The lowest BCUT2D eigenvalue weighted by molar-refractivity contribution is -0.142. The highest BCUT2D eigenvalue weighted by molar-refractivity contribution is 5.92. The fourth-order valence-electron chi connectivity index (χ4n) is 3.31. The van der Waals surface area contributed by atoms with Gasteiger partial charge in [-0.15, -0.1) is 0 Å². The van der Waals surface area contributed by atoms with Crippen molar-refractivity contribution in [3.8, 4) is 0 Å². The number of nitrogens with one attached hydrogen (secondary N) is 1. The number of ether oxygens (including phenoxy) is 1. The SMILES string of the molecule is O=C(NCc1ccccn1)c1cc2n(n1)CCN(C(=O)[C@H]1CCCO1)C2. The Bertz CT molecular complexity index is 798. The Labute approximate surface area is 151 Å².